The molecule has 0 aliphatic heterocycles. The Balaban J connectivity index is 2.02. The summed E-state index contributed by atoms with van der Waals surface area (Å²) in [7, 11) is 1.61. The van der Waals surface area contributed by atoms with Crippen molar-refractivity contribution < 1.29 is 4.74 Å². The van der Waals surface area contributed by atoms with Crippen molar-refractivity contribution in [3.63, 3.8) is 0 Å². The van der Waals surface area contributed by atoms with Crippen LogP contribution < -0.4 is 10.5 Å². The van der Waals surface area contributed by atoms with Gasteiger partial charge in [-0.2, -0.15) is 0 Å². The van der Waals surface area contributed by atoms with Crippen molar-refractivity contribution in [3.8, 4) is 5.75 Å². The number of ether oxygens (including phenoxy) is 1. The monoisotopic (exact) mass is 253 g/mol. The van der Waals surface area contributed by atoms with E-state index >= 15 is 0 Å². The van der Waals surface area contributed by atoms with E-state index in [1.807, 2.05) is 18.2 Å². The molecule has 0 aliphatic carbocycles. The molecule has 0 saturated heterocycles. The SMILES string of the molecule is COc1ccc(CSc2nncs2)cc1N. The molecule has 4 nitrogen and oxygen atoms in total. The number of nitrogens with two attached hydrogens (primary N) is 1. The van der Waals surface area contributed by atoms with E-state index in [-0.39, 0.29) is 0 Å². The molecule has 1 aromatic heterocycles. The fraction of sp³-hybridized carbons (Fsp3) is 0.200. The molecule has 0 radical (unpaired) electrons. The van der Waals surface area contributed by atoms with Gasteiger partial charge in [0.25, 0.3) is 0 Å². The Morgan fingerprint density at radius 1 is 1.50 bits per heavy atom. The normalized spacial score (nSPS) is 10.3. The van der Waals surface area contributed by atoms with Gasteiger partial charge in [0.1, 0.15) is 11.3 Å². The van der Waals surface area contributed by atoms with Gasteiger partial charge in [0.05, 0.1) is 12.8 Å². The molecule has 6 heteroatoms. The van der Waals surface area contributed by atoms with Crippen molar-refractivity contribution in [2.24, 2.45) is 0 Å². The van der Waals surface area contributed by atoms with Gasteiger partial charge in [-0.1, -0.05) is 29.2 Å². The van der Waals surface area contributed by atoms with Gasteiger partial charge in [0, 0.05) is 5.75 Å². The Bertz CT molecular complexity index is 459. The quantitative estimate of drug-likeness (QED) is 0.669. The summed E-state index contributed by atoms with van der Waals surface area (Å²) in [6.45, 7) is 0. The van der Waals surface area contributed by atoms with Crippen LogP contribution >= 0.6 is 23.1 Å². The predicted octanol–water partition coefficient (Wildman–Crippen LogP) is 2.42. The Hall–Kier alpha value is -1.27. The van der Waals surface area contributed by atoms with Gasteiger partial charge in [-0.25, -0.2) is 0 Å². The van der Waals surface area contributed by atoms with Crippen molar-refractivity contribution in [3.05, 3.63) is 29.3 Å². The molecule has 16 heavy (non-hydrogen) atoms. The first-order chi connectivity index (χ1) is 7.79. The highest BCUT2D eigenvalue weighted by molar-refractivity contribution is 8.00. The molecule has 0 amide bonds. The molecular formula is C10H11N3OS2. The first-order valence-corrected chi connectivity index (χ1v) is 6.47. The molecule has 0 saturated carbocycles. The molecule has 2 N–H and O–H groups in total. The summed E-state index contributed by atoms with van der Waals surface area (Å²) in [6, 6.07) is 5.81. The standard InChI is InChI=1S/C10H11N3OS2/c1-14-9-3-2-7(4-8(9)11)5-15-10-13-12-6-16-10/h2-4,6H,5,11H2,1H3. The van der Waals surface area contributed by atoms with Crippen LogP contribution in [-0.2, 0) is 5.75 Å². The van der Waals surface area contributed by atoms with Crippen molar-refractivity contribution in [1.29, 1.82) is 0 Å². The third kappa shape index (κ3) is 2.65. The average molecular weight is 253 g/mol. The summed E-state index contributed by atoms with van der Waals surface area (Å²) in [6.07, 6.45) is 0. The van der Waals surface area contributed by atoms with Crippen LogP contribution in [0.2, 0.25) is 0 Å². The third-order valence-corrected chi connectivity index (χ3v) is 3.93. The number of aromatic nitrogens is 2. The summed E-state index contributed by atoms with van der Waals surface area (Å²) in [5.74, 6) is 1.55. The molecule has 1 aromatic carbocycles. The number of methoxy groups -OCH3 is 1. The van der Waals surface area contributed by atoms with E-state index in [2.05, 4.69) is 10.2 Å². The van der Waals surface area contributed by atoms with Gasteiger partial charge in [0.15, 0.2) is 4.34 Å². The molecule has 2 aromatic rings. The minimum absolute atomic E-state index is 0.665. The lowest BCUT2D eigenvalue weighted by Crippen LogP contribution is -1.93. The van der Waals surface area contributed by atoms with E-state index < -0.39 is 0 Å². The maximum Gasteiger partial charge on any atom is 0.174 e. The van der Waals surface area contributed by atoms with E-state index in [1.54, 1.807) is 24.4 Å². The lowest BCUT2D eigenvalue weighted by Gasteiger charge is -2.06. The maximum absolute atomic E-state index is 5.82. The Kier molecular flexibility index (Phi) is 3.63. The zero-order valence-electron chi connectivity index (χ0n) is 8.71. The lowest BCUT2D eigenvalue weighted by molar-refractivity contribution is 0.417. The van der Waals surface area contributed by atoms with Crippen molar-refractivity contribution in [2.75, 3.05) is 12.8 Å². The fourth-order valence-corrected chi connectivity index (χ4v) is 2.68. The smallest absolute Gasteiger partial charge is 0.174 e. The van der Waals surface area contributed by atoms with Crippen molar-refractivity contribution >= 4 is 28.8 Å². The molecule has 0 aliphatic rings. The van der Waals surface area contributed by atoms with Crippen LogP contribution in [0.1, 0.15) is 5.56 Å². The first-order valence-electron chi connectivity index (χ1n) is 4.61. The van der Waals surface area contributed by atoms with Crippen molar-refractivity contribution in [1.82, 2.24) is 10.2 Å². The zero-order valence-corrected chi connectivity index (χ0v) is 10.3. The third-order valence-electron chi connectivity index (χ3n) is 2.00. The second-order valence-corrected chi connectivity index (χ2v) is 5.13. The lowest BCUT2D eigenvalue weighted by atomic mass is 10.2. The fourth-order valence-electron chi connectivity index (χ4n) is 1.24. The Morgan fingerprint density at radius 2 is 2.38 bits per heavy atom. The summed E-state index contributed by atoms with van der Waals surface area (Å²) in [5, 5.41) is 7.75. The van der Waals surface area contributed by atoms with Gasteiger partial charge < -0.3 is 10.5 Å². The van der Waals surface area contributed by atoms with Crippen LogP contribution in [0.5, 0.6) is 5.75 Å². The second kappa shape index (κ2) is 5.18. The van der Waals surface area contributed by atoms with Crippen LogP contribution in [0, 0.1) is 0 Å². The molecular weight excluding hydrogens is 242 g/mol. The first kappa shape index (κ1) is 11.2. The zero-order chi connectivity index (χ0) is 11.4. The van der Waals surface area contributed by atoms with E-state index in [9.17, 15) is 0 Å². The molecule has 0 atom stereocenters. The van der Waals surface area contributed by atoms with Crippen LogP contribution in [0.15, 0.2) is 28.0 Å². The average Bonchev–Trinajstić information content (AvgIpc) is 2.79. The number of thioether (sulfide) groups is 1. The Labute approximate surface area is 102 Å². The minimum Gasteiger partial charge on any atom is -0.495 e. The number of hydrogen-bond acceptors (Lipinski definition) is 6. The van der Waals surface area contributed by atoms with Crippen molar-refractivity contribution in [2.45, 2.75) is 10.1 Å². The number of rotatable bonds is 4. The molecule has 1 heterocycles. The van der Waals surface area contributed by atoms with Crippen LogP contribution in [-0.4, -0.2) is 17.3 Å². The Morgan fingerprint density at radius 3 is 3.00 bits per heavy atom. The number of hydrogen-bond donors (Lipinski definition) is 1. The van der Waals surface area contributed by atoms with E-state index in [4.69, 9.17) is 10.5 Å². The molecule has 0 fully saturated rings. The highest BCUT2D eigenvalue weighted by Crippen LogP contribution is 2.27. The summed E-state index contributed by atoms with van der Waals surface area (Å²) >= 11 is 3.19. The van der Waals surface area contributed by atoms with Crippen LogP contribution in [0.4, 0.5) is 5.69 Å². The number of nitrogen functional groups attached to an aromatic ring is 1. The highest BCUT2D eigenvalue weighted by Gasteiger charge is 2.03. The van der Waals surface area contributed by atoms with Crippen LogP contribution in [0.25, 0.3) is 0 Å². The van der Waals surface area contributed by atoms with Gasteiger partial charge in [0.2, 0.25) is 0 Å². The molecule has 84 valence electrons. The highest BCUT2D eigenvalue weighted by atomic mass is 32.2. The minimum atomic E-state index is 0.665. The molecule has 0 spiro atoms. The van der Waals surface area contributed by atoms with E-state index in [1.165, 1.54) is 11.3 Å². The number of anilines is 1. The molecule has 0 bridgehead atoms. The predicted molar refractivity (Wildman–Crippen MR) is 66.9 cm³/mol. The molecule has 0 unspecified atom stereocenters. The van der Waals surface area contributed by atoms with Crippen LogP contribution in [0.3, 0.4) is 0 Å². The number of nitrogens with zero attached hydrogens (tertiary/aromatic N) is 2. The largest absolute Gasteiger partial charge is 0.495 e. The van der Waals surface area contributed by atoms with Gasteiger partial charge in [-0.15, -0.1) is 10.2 Å². The van der Waals surface area contributed by atoms with Gasteiger partial charge >= 0.3 is 0 Å². The maximum atomic E-state index is 5.82. The topological polar surface area (TPSA) is 61.0 Å². The van der Waals surface area contributed by atoms with E-state index in [0.29, 0.717) is 11.4 Å². The molecule has 2 rings (SSSR count). The number of benzene rings is 1. The van der Waals surface area contributed by atoms with Gasteiger partial charge in [-0.05, 0) is 17.7 Å². The second-order valence-electron chi connectivity index (χ2n) is 3.07. The summed E-state index contributed by atoms with van der Waals surface area (Å²) in [4.78, 5) is 0. The summed E-state index contributed by atoms with van der Waals surface area (Å²) in [5.41, 5.74) is 9.36. The van der Waals surface area contributed by atoms with E-state index in [0.717, 1.165) is 15.7 Å². The summed E-state index contributed by atoms with van der Waals surface area (Å²) < 4.78 is 6.07. The van der Waals surface area contributed by atoms with Gasteiger partial charge in [-0.3, -0.25) is 0 Å².